The molecule has 4 heteroatoms. The highest BCUT2D eigenvalue weighted by Crippen LogP contribution is 2.17. The third-order valence-electron chi connectivity index (χ3n) is 4.05. The number of hydrogen-bond acceptors (Lipinski definition) is 4. The molecule has 21 heavy (non-hydrogen) atoms. The van der Waals surface area contributed by atoms with E-state index in [-0.39, 0.29) is 12.5 Å². The highest BCUT2D eigenvalue weighted by molar-refractivity contribution is 5.82. The van der Waals surface area contributed by atoms with E-state index in [1.807, 2.05) is 12.1 Å². The van der Waals surface area contributed by atoms with E-state index in [2.05, 4.69) is 35.6 Å². The van der Waals surface area contributed by atoms with Crippen LogP contribution in [0.1, 0.15) is 5.56 Å². The normalized spacial score (nSPS) is 26.1. The molecule has 3 rings (SSSR count). The van der Waals surface area contributed by atoms with Gasteiger partial charge in [-0.1, -0.05) is 36.4 Å². The van der Waals surface area contributed by atoms with Crippen molar-refractivity contribution in [2.24, 2.45) is 5.92 Å². The fourth-order valence-electron chi connectivity index (χ4n) is 2.78. The second-order valence-electron chi connectivity index (χ2n) is 5.67. The van der Waals surface area contributed by atoms with Crippen LogP contribution in [0.4, 0.5) is 0 Å². The van der Waals surface area contributed by atoms with Gasteiger partial charge >= 0.3 is 0 Å². The molecule has 0 aromatic heterocycles. The zero-order valence-electron chi connectivity index (χ0n) is 11.9. The summed E-state index contributed by atoms with van der Waals surface area (Å²) in [6, 6.07) is 14.7. The van der Waals surface area contributed by atoms with Crippen molar-refractivity contribution < 1.29 is 14.9 Å². The lowest BCUT2D eigenvalue weighted by atomic mass is 9.96. The van der Waals surface area contributed by atoms with Gasteiger partial charge in [0.15, 0.2) is 0 Å². The largest absolute Gasteiger partial charge is 0.390 e. The van der Waals surface area contributed by atoms with Crippen LogP contribution in [0.5, 0.6) is 0 Å². The van der Waals surface area contributed by atoms with Crippen LogP contribution >= 0.6 is 0 Å². The monoisotopic (exact) mass is 287 g/mol. The number of hydrogen-bond donors (Lipinski definition) is 3. The Morgan fingerprint density at radius 3 is 2.71 bits per heavy atom. The van der Waals surface area contributed by atoms with Gasteiger partial charge in [-0.3, -0.25) is 0 Å². The van der Waals surface area contributed by atoms with Gasteiger partial charge in [0.1, 0.15) is 6.10 Å². The van der Waals surface area contributed by atoms with Crippen LogP contribution in [0.15, 0.2) is 42.5 Å². The van der Waals surface area contributed by atoms with Gasteiger partial charge in [0.05, 0.1) is 19.3 Å². The summed E-state index contributed by atoms with van der Waals surface area (Å²) in [6.07, 6.45) is -1.48. The summed E-state index contributed by atoms with van der Waals surface area (Å²) >= 11 is 0. The average Bonchev–Trinajstić information content (AvgIpc) is 2.51. The van der Waals surface area contributed by atoms with Gasteiger partial charge in [-0.25, -0.2) is 0 Å². The predicted octanol–water partition coefficient (Wildman–Crippen LogP) is 1.30. The van der Waals surface area contributed by atoms with Crippen LogP contribution in [0.2, 0.25) is 0 Å². The van der Waals surface area contributed by atoms with Crippen molar-refractivity contribution in [1.29, 1.82) is 0 Å². The number of nitrogens with one attached hydrogen (secondary N) is 1. The molecule has 0 spiro atoms. The number of aliphatic hydroxyl groups excluding tert-OH is 2. The van der Waals surface area contributed by atoms with E-state index < -0.39 is 12.2 Å². The van der Waals surface area contributed by atoms with Crippen molar-refractivity contribution in [3.05, 3.63) is 48.0 Å². The fourth-order valence-corrected chi connectivity index (χ4v) is 2.78. The van der Waals surface area contributed by atoms with Gasteiger partial charge in [0, 0.05) is 19.0 Å². The van der Waals surface area contributed by atoms with Crippen molar-refractivity contribution in [2.75, 3.05) is 19.8 Å². The Balaban J connectivity index is 1.56. The fraction of sp³-hybridized carbons (Fsp3) is 0.412. The van der Waals surface area contributed by atoms with E-state index in [4.69, 9.17) is 4.74 Å². The van der Waals surface area contributed by atoms with Gasteiger partial charge in [0.25, 0.3) is 0 Å². The van der Waals surface area contributed by atoms with Crippen LogP contribution in [0, 0.1) is 5.92 Å². The van der Waals surface area contributed by atoms with E-state index in [0.717, 1.165) is 6.54 Å². The molecule has 0 amide bonds. The van der Waals surface area contributed by atoms with E-state index in [1.165, 1.54) is 16.3 Å². The molecule has 1 saturated heterocycles. The number of rotatable bonds is 4. The van der Waals surface area contributed by atoms with Crippen molar-refractivity contribution in [1.82, 2.24) is 5.32 Å². The molecule has 1 heterocycles. The smallest absolute Gasteiger partial charge is 0.104 e. The third kappa shape index (κ3) is 3.41. The van der Waals surface area contributed by atoms with Gasteiger partial charge in [-0.15, -0.1) is 0 Å². The molecule has 4 nitrogen and oxygen atoms in total. The molecule has 0 unspecified atom stereocenters. The summed E-state index contributed by atoms with van der Waals surface area (Å²) in [4.78, 5) is 0. The van der Waals surface area contributed by atoms with Gasteiger partial charge < -0.3 is 20.3 Å². The molecule has 3 atom stereocenters. The Kier molecular flexibility index (Phi) is 4.51. The Morgan fingerprint density at radius 2 is 1.86 bits per heavy atom. The molecule has 0 saturated carbocycles. The molecule has 0 radical (unpaired) electrons. The summed E-state index contributed by atoms with van der Waals surface area (Å²) in [5.41, 5.74) is 1.21. The van der Waals surface area contributed by atoms with Crippen molar-refractivity contribution in [3.63, 3.8) is 0 Å². The maximum Gasteiger partial charge on any atom is 0.104 e. The lowest BCUT2D eigenvalue weighted by Gasteiger charge is -2.31. The summed E-state index contributed by atoms with van der Waals surface area (Å²) in [5.74, 6) is -0.0609. The van der Waals surface area contributed by atoms with Crippen LogP contribution in [-0.2, 0) is 11.3 Å². The minimum Gasteiger partial charge on any atom is -0.390 e. The number of benzene rings is 2. The molecule has 2 aromatic rings. The average molecular weight is 287 g/mol. The lowest BCUT2D eigenvalue weighted by molar-refractivity contribution is -0.119. The van der Waals surface area contributed by atoms with Crippen molar-refractivity contribution in [2.45, 2.75) is 18.8 Å². The molecule has 2 aromatic carbocycles. The topological polar surface area (TPSA) is 61.7 Å². The standard InChI is InChI=1S/C17H21NO3/c19-16-11-21-10-15(17(16)20)9-18-8-12-5-6-13-3-1-2-4-14(13)7-12/h1-7,15-20H,8-11H2/t15-,16-,17+/m1/s1. The first-order chi connectivity index (χ1) is 10.2. The van der Waals surface area contributed by atoms with E-state index >= 15 is 0 Å². The van der Waals surface area contributed by atoms with Crippen LogP contribution in [0.25, 0.3) is 10.8 Å². The second kappa shape index (κ2) is 6.54. The Labute approximate surface area is 124 Å². The molecular formula is C17H21NO3. The molecule has 0 bridgehead atoms. The zero-order valence-corrected chi connectivity index (χ0v) is 11.9. The molecule has 112 valence electrons. The van der Waals surface area contributed by atoms with Crippen molar-refractivity contribution in [3.8, 4) is 0 Å². The number of ether oxygens (including phenoxy) is 1. The zero-order chi connectivity index (χ0) is 14.7. The maximum absolute atomic E-state index is 9.91. The predicted molar refractivity (Wildman–Crippen MR) is 82.0 cm³/mol. The van der Waals surface area contributed by atoms with Crippen LogP contribution < -0.4 is 5.32 Å². The van der Waals surface area contributed by atoms with E-state index in [1.54, 1.807) is 0 Å². The highest BCUT2D eigenvalue weighted by Gasteiger charge is 2.30. The molecule has 1 aliphatic rings. The van der Waals surface area contributed by atoms with Crippen molar-refractivity contribution >= 4 is 10.8 Å². The first kappa shape index (κ1) is 14.5. The number of fused-ring (bicyclic) bond motifs is 1. The highest BCUT2D eigenvalue weighted by atomic mass is 16.5. The van der Waals surface area contributed by atoms with Crippen LogP contribution in [-0.4, -0.2) is 42.2 Å². The first-order valence-electron chi connectivity index (χ1n) is 7.36. The van der Waals surface area contributed by atoms with E-state index in [0.29, 0.717) is 13.2 Å². The first-order valence-corrected chi connectivity index (χ1v) is 7.36. The Bertz CT molecular complexity index is 601. The number of aliphatic hydroxyl groups is 2. The second-order valence-corrected chi connectivity index (χ2v) is 5.67. The van der Waals surface area contributed by atoms with Gasteiger partial charge in [-0.2, -0.15) is 0 Å². The minimum absolute atomic E-state index is 0.0609. The minimum atomic E-state index is -0.772. The quantitative estimate of drug-likeness (QED) is 0.793. The molecule has 3 N–H and O–H groups in total. The summed E-state index contributed by atoms with van der Waals surface area (Å²) in [6.45, 7) is 2.08. The van der Waals surface area contributed by atoms with E-state index in [9.17, 15) is 10.2 Å². The molecule has 0 aliphatic carbocycles. The molecule has 1 aliphatic heterocycles. The SMILES string of the molecule is O[C@H]1[C@H](CNCc2ccc3ccccc3c2)COC[C@H]1O. The summed E-state index contributed by atoms with van der Waals surface area (Å²) < 4.78 is 5.28. The molecule has 1 fully saturated rings. The Morgan fingerprint density at radius 1 is 1.05 bits per heavy atom. The summed E-state index contributed by atoms with van der Waals surface area (Å²) in [5, 5.41) is 25.3. The van der Waals surface area contributed by atoms with Crippen LogP contribution in [0.3, 0.4) is 0 Å². The third-order valence-corrected chi connectivity index (χ3v) is 4.05. The summed E-state index contributed by atoms with van der Waals surface area (Å²) in [7, 11) is 0. The maximum atomic E-state index is 9.91. The molecular weight excluding hydrogens is 266 g/mol. The Hall–Kier alpha value is -1.46. The van der Waals surface area contributed by atoms with Gasteiger partial charge in [0.2, 0.25) is 0 Å². The van der Waals surface area contributed by atoms with Gasteiger partial charge in [-0.05, 0) is 22.4 Å². The lowest BCUT2D eigenvalue weighted by Crippen LogP contribution is -2.47.